The summed E-state index contributed by atoms with van der Waals surface area (Å²) in [6, 6.07) is 7.97. The maximum Gasteiger partial charge on any atom is 0.189 e. The molecule has 0 amide bonds. The van der Waals surface area contributed by atoms with E-state index in [4.69, 9.17) is 14.5 Å². The fraction of sp³-hybridized carbons (Fsp3) is 0.333. The number of hydrogen-bond acceptors (Lipinski definition) is 7. The molecule has 2 heterocycles. The van der Waals surface area contributed by atoms with Gasteiger partial charge >= 0.3 is 0 Å². The maximum absolute atomic E-state index is 9.74. The highest BCUT2D eigenvalue weighted by atomic mass is 32.2. The van der Waals surface area contributed by atoms with Gasteiger partial charge in [-0.15, -0.1) is 0 Å². The van der Waals surface area contributed by atoms with Crippen molar-refractivity contribution in [2.24, 2.45) is 0 Å². The molecule has 0 bridgehead atoms. The number of rotatable bonds is 7. The van der Waals surface area contributed by atoms with Crippen molar-refractivity contribution in [3.8, 4) is 29.1 Å². The first-order valence-electron chi connectivity index (χ1n) is 9.09. The molecule has 0 saturated heterocycles. The molecule has 0 radical (unpaired) electrons. The average Bonchev–Trinajstić information content (AvgIpc) is 3.10. The molecule has 3 aromatic rings. The van der Waals surface area contributed by atoms with Crippen LogP contribution in [0.5, 0.6) is 5.75 Å². The Bertz CT molecular complexity index is 1140. The largest absolute Gasteiger partial charge is 0.495 e. The average molecular weight is 407 g/mol. The summed E-state index contributed by atoms with van der Waals surface area (Å²) in [6.07, 6.45) is 4.56. The van der Waals surface area contributed by atoms with E-state index in [-0.39, 0.29) is 0 Å². The number of benzene rings is 1. The number of ether oxygens (including phenoxy) is 2. The Morgan fingerprint density at radius 3 is 2.55 bits per heavy atom. The minimum Gasteiger partial charge on any atom is -0.495 e. The number of methoxy groups -OCH3 is 1. The van der Waals surface area contributed by atoms with Gasteiger partial charge in [-0.1, -0.05) is 18.7 Å². The molecule has 0 atom stereocenters. The fourth-order valence-corrected chi connectivity index (χ4v) is 3.50. The van der Waals surface area contributed by atoms with Gasteiger partial charge in [-0.25, -0.2) is 9.97 Å². The highest BCUT2D eigenvalue weighted by molar-refractivity contribution is 7.98. The second-order valence-electron chi connectivity index (χ2n) is 6.40. The molecule has 0 aliphatic heterocycles. The Balaban J connectivity index is 2.31. The van der Waals surface area contributed by atoms with Crippen LogP contribution in [0.1, 0.15) is 30.0 Å². The van der Waals surface area contributed by atoms with Crippen LogP contribution in [-0.2, 0) is 11.5 Å². The lowest BCUT2D eigenvalue weighted by Gasteiger charge is -2.12. The van der Waals surface area contributed by atoms with Crippen molar-refractivity contribution in [2.45, 2.75) is 32.2 Å². The third kappa shape index (κ3) is 3.91. The lowest BCUT2D eigenvalue weighted by molar-refractivity contribution is 0.0800. The zero-order valence-electron chi connectivity index (χ0n) is 16.8. The van der Waals surface area contributed by atoms with E-state index in [1.807, 2.05) is 24.7 Å². The standard InChI is InChI=1S/C21H21N5O2S/c1-5-6-28-12-26-11-15(10-23)18-19(24-21(29-4)25-20(18)26)16-8-17(27-3)14(9-22)7-13(16)2/h7-8,11H,5-6,12H2,1-4H3. The molecule has 0 spiro atoms. The molecule has 0 unspecified atom stereocenters. The lowest BCUT2D eigenvalue weighted by Crippen LogP contribution is -2.04. The number of hydrogen-bond donors (Lipinski definition) is 0. The summed E-state index contributed by atoms with van der Waals surface area (Å²) in [4.78, 5) is 9.34. The van der Waals surface area contributed by atoms with Gasteiger partial charge in [-0.05, 0) is 37.3 Å². The van der Waals surface area contributed by atoms with Crippen LogP contribution in [-0.4, -0.2) is 34.5 Å². The fourth-order valence-electron chi connectivity index (χ4n) is 3.14. The molecule has 0 fully saturated rings. The van der Waals surface area contributed by atoms with Gasteiger partial charge in [0.15, 0.2) is 5.16 Å². The first-order chi connectivity index (χ1) is 14.1. The number of aromatic nitrogens is 3. The van der Waals surface area contributed by atoms with Crippen molar-refractivity contribution in [2.75, 3.05) is 20.0 Å². The summed E-state index contributed by atoms with van der Waals surface area (Å²) < 4.78 is 12.9. The van der Waals surface area contributed by atoms with Crippen LogP contribution in [0.25, 0.3) is 22.3 Å². The first-order valence-corrected chi connectivity index (χ1v) is 10.3. The Morgan fingerprint density at radius 2 is 1.93 bits per heavy atom. The van der Waals surface area contributed by atoms with E-state index < -0.39 is 0 Å². The van der Waals surface area contributed by atoms with E-state index in [1.165, 1.54) is 18.9 Å². The van der Waals surface area contributed by atoms with Gasteiger partial charge < -0.3 is 14.0 Å². The summed E-state index contributed by atoms with van der Waals surface area (Å²) in [5.41, 5.74) is 3.89. The van der Waals surface area contributed by atoms with E-state index in [9.17, 15) is 10.5 Å². The Hall–Kier alpha value is -3.07. The number of thioether (sulfide) groups is 1. The molecule has 29 heavy (non-hydrogen) atoms. The summed E-state index contributed by atoms with van der Waals surface area (Å²) in [7, 11) is 1.53. The van der Waals surface area contributed by atoms with Crippen LogP contribution < -0.4 is 4.74 Å². The third-order valence-electron chi connectivity index (χ3n) is 4.50. The van der Waals surface area contributed by atoms with Crippen LogP contribution in [0, 0.1) is 29.6 Å². The highest BCUT2D eigenvalue weighted by Gasteiger charge is 2.21. The molecule has 148 valence electrons. The molecule has 0 aliphatic rings. The zero-order chi connectivity index (χ0) is 21.0. The summed E-state index contributed by atoms with van der Waals surface area (Å²) in [5, 5.41) is 20.4. The van der Waals surface area contributed by atoms with Gasteiger partial charge in [0, 0.05) is 18.4 Å². The monoisotopic (exact) mass is 407 g/mol. The minimum atomic E-state index is 0.311. The van der Waals surface area contributed by atoms with Crippen molar-refractivity contribution >= 4 is 22.8 Å². The van der Waals surface area contributed by atoms with Crippen molar-refractivity contribution in [1.29, 1.82) is 10.5 Å². The predicted octanol–water partition coefficient (Wildman–Crippen LogP) is 4.26. The number of aryl methyl sites for hydroxylation is 1. The van der Waals surface area contributed by atoms with E-state index in [0.717, 1.165) is 17.5 Å². The van der Waals surface area contributed by atoms with E-state index >= 15 is 0 Å². The zero-order valence-corrected chi connectivity index (χ0v) is 17.6. The Morgan fingerprint density at radius 1 is 1.17 bits per heavy atom. The van der Waals surface area contributed by atoms with Gasteiger partial charge in [0.25, 0.3) is 0 Å². The normalized spacial score (nSPS) is 10.7. The molecule has 0 saturated carbocycles. The van der Waals surface area contributed by atoms with E-state index in [1.54, 1.807) is 18.3 Å². The van der Waals surface area contributed by atoms with E-state index in [0.29, 0.717) is 52.1 Å². The van der Waals surface area contributed by atoms with Crippen molar-refractivity contribution in [3.63, 3.8) is 0 Å². The SMILES string of the molecule is CCCOCn1cc(C#N)c2c(-c3cc(OC)c(C#N)cc3C)nc(SC)nc21. The lowest BCUT2D eigenvalue weighted by atomic mass is 9.99. The third-order valence-corrected chi connectivity index (χ3v) is 5.05. The topological polar surface area (TPSA) is 96.8 Å². The second kappa shape index (κ2) is 8.95. The molecule has 1 aromatic carbocycles. The van der Waals surface area contributed by atoms with Gasteiger partial charge in [0.1, 0.15) is 30.3 Å². The van der Waals surface area contributed by atoms with E-state index in [2.05, 4.69) is 17.1 Å². The van der Waals surface area contributed by atoms with Gasteiger partial charge in [0.05, 0.1) is 29.3 Å². The van der Waals surface area contributed by atoms with Crippen LogP contribution in [0.2, 0.25) is 0 Å². The van der Waals surface area contributed by atoms with Gasteiger partial charge in [-0.3, -0.25) is 0 Å². The Kier molecular flexibility index (Phi) is 6.38. The smallest absolute Gasteiger partial charge is 0.189 e. The van der Waals surface area contributed by atoms with Crippen LogP contribution >= 0.6 is 11.8 Å². The summed E-state index contributed by atoms with van der Waals surface area (Å²) >= 11 is 1.43. The number of fused-ring (bicyclic) bond motifs is 1. The molecular weight excluding hydrogens is 386 g/mol. The molecular formula is C21H21N5O2S. The van der Waals surface area contributed by atoms with Crippen molar-refractivity contribution in [1.82, 2.24) is 14.5 Å². The number of nitriles is 2. The number of nitrogens with zero attached hydrogens (tertiary/aromatic N) is 5. The molecule has 3 rings (SSSR count). The van der Waals surface area contributed by atoms with Crippen LogP contribution in [0.15, 0.2) is 23.5 Å². The summed E-state index contributed by atoms with van der Waals surface area (Å²) in [5.74, 6) is 0.467. The highest BCUT2D eigenvalue weighted by Crippen LogP contribution is 2.36. The summed E-state index contributed by atoms with van der Waals surface area (Å²) in [6.45, 7) is 4.89. The molecule has 0 aliphatic carbocycles. The van der Waals surface area contributed by atoms with Crippen LogP contribution in [0.3, 0.4) is 0 Å². The predicted molar refractivity (Wildman–Crippen MR) is 112 cm³/mol. The second-order valence-corrected chi connectivity index (χ2v) is 7.17. The molecule has 2 aromatic heterocycles. The Labute approximate surface area is 173 Å². The molecule has 0 N–H and O–H groups in total. The quantitative estimate of drug-likeness (QED) is 0.328. The van der Waals surface area contributed by atoms with Gasteiger partial charge in [-0.2, -0.15) is 10.5 Å². The van der Waals surface area contributed by atoms with Gasteiger partial charge in [0.2, 0.25) is 0 Å². The van der Waals surface area contributed by atoms with Crippen molar-refractivity contribution < 1.29 is 9.47 Å². The minimum absolute atomic E-state index is 0.311. The van der Waals surface area contributed by atoms with Crippen LogP contribution in [0.4, 0.5) is 0 Å². The first kappa shape index (κ1) is 20.7. The molecule has 7 nitrogen and oxygen atoms in total. The molecule has 8 heteroatoms. The maximum atomic E-state index is 9.74. The van der Waals surface area contributed by atoms with Crippen molar-refractivity contribution in [3.05, 3.63) is 35.0 Å².